The summed E-state index contributed by atoms with van der Waals surface area (Å²) < 4.78 is 5.03. The number of aliphatic hydroxyl groups excluding tert-OH is 1. The van der Waals surface area contributed by atoms with Crippen LogP contribution in [0.4, 0.5) is 10.5 Å². The van der Waals surface area contributed by atoms with Crippen molar-refractivity contribution in [3.8, 4) is 5.75 Å². The highest BCUT2D eigenvalue weighted by molar-refractivity contribution is 5.82. The van der Waals surface area contributed by atoms with Crippen LogP contribution in [0, 0.1) is 0 Å². The highest BCUT2D eigenvalue weighted by Crippen LogP contribution is 2.14. The zero-order valence-corrected chi connectivity index (χ0v) is 7.30. The van der Waals surface area contributed by atoms with Gasteiger partial charge in [0.15, 0.2) is 0 Å². The Bertz CT molecular complexity index is 316. The second-order valence-corrected chi connectivity index (χ2v) is 2.41. The van der Waals surface area contributed by atoms with Crippen LogP contribution in [0.1, 0.15) is 0 Å². The zero-order chi connectivity index (χ0) is 10.4. The topological polar surface area (TPSA) is 91.7 Å². The van der Waals surface area contributed by atoms with Crippen molar-refractivity contribution in [2.45, 2.75) is 0 Å². The first-order chi connectivity index (χ1) is 6.72. The van der Waals surface area contributed by atoms with E-state index in [1.165, 1.54) is 18.5 Å². The maximum Gasteiger partial charge on any atom is 0.409 e. The van der Waals surface area contributed by atoms with Gasteiger partial charge in [-0.1, -0.05) is 0 Å². The predicted molar refractivity (Wildman–Crippen MR) is 48.5 cm³/mol. The number of ether oxygens (including phenoxy) is 1. The molecule has 0 aliphatic heterocycles. The van der Waals surface area contributed by atoms with E-state index < -0.39 is 6.09 Å². The lowest BCUT2D eigenvalue weighted by Gasteiger charge is -2.05. The minimum Gasteiger partial charge on any atom is -0.490 e. The normalized spacial score (nSPS) is 9.50. The number of anilines is 1. The van der Waals surface area contributed by atoms with Crippen molar-refractivity contribution < 1.29 is 19.7 Å². The number of aliphatic hydroxyl groups is 1. The summed E-state index contributed by atoms with van der Waals surface area (Å²) in [5.41, 5.74) is 0.327. The second kappa shape index (κ2) is 5.03. The first-order valence-electron chi connectivity index (χ1n) is 3.91. The SMILES string of the molecule is O=C(O)Nc1cncc(OCCO)c1. The van der Waals surface area contributed by atoms with Crippen molar-refractivity contribution in [3.63, 3.8) is 0 Å². The van der Waals surface area contributed by atoms with Gasteiger partial charge >= 0.3 is 6.09 Å². The van der Waals surface area contributed by atoms with Gasteiger partial charge in [0, 0.05) is 6.07 Å². The van der Waals surface area contributed by atoms with Crippen LogP contribution in [0.3, 0.4) is 0 Å². The molecule has 0 bridgehead atoms. The molecule has 0 aliphatic rings. The van der Waals surface area contributed by atoms with Crippen molar-refractivity contribution in [2.24, 2.45) is 0 Å². The van der Waals surface area contributed by atoms with Crippen LogP contribution >= 0.6 is 0 Å². The Hall–Kier alpha value is -1.82. The smallest absolute Gasteiger partial charge is 0.409 e. The van der Waals surface area contributed by atoms with Gasteiger partial charge in [-0.2, -0.15) is 0 Å². The van der Waals surface area contributed by atoms with E-state index in [4.69, 9.17) is 14.9 Å². The molecule has 0 aliphatic carbocycles. The molecule has 1 aromatic heterocycles. The molecule has 0 aromatic carbocycles. The largest absolute Gasteiger partial charge is 0.490 e. The Kier molecular flexibility index (Phi) is 3.69. The number of hydrogen-bond donors (Lipinski definition) is 3. The third kappa shape index (κ3) is 3.28. The summed E-state index contributed by atoms with van der Waals surface area (Å²) in [5, 5.41) is 19.0. The number of pyridine rings is 1. The van der Waals surface area contributed by atoms with Gasteiger partial charge in [-0.3, -0.25) is 10.3 Å². The highest BCUT2D eigenvalue weighted by Gasteiger charge is 2.00. The van der Waals surface area contributed by atoms with Gasteiger partial charge in [0.25, 0.3) is 0 Å². The quantitative estimate of drug-likeness (QED) is 0.656. The van der Waals surface area contributed by atoms with E-state index >= 15 is 0 Å². The Morgan fingerprint density at radius 2 is 2.36 bits per heavy atom. The number of rotatable bonds is 4. The minimum absolute atomic E-state index is 0.101. The van der Waals surface area contributed by atoms with E-state index in [0.29, 0.717) is 11.4 Å². The van der Waals surface area contributed by atoms with Gasteiger partial charge in [0.05, 0.1) is 24.7 Å². The fourth-order valence-electron chi connectivity index (χ4n) is 0.853. The molecule has 0 unspecified atom stereocenters. The summed E-state index contributed by atoms with van der Waals surface area (Å²) in [7, 11) is 0. The van der Waals surface area contributed by atoms with Crippen LogP contribution in [0.5, 0.6) is 5.75 Å². The lowest BCUT2D eigenvalue weighted by atomic mass is 10.4. The van der Waals surface area contributed by atoms with Gasteiger partial charge in [-0.05, 0) is 0 Å². The third-order valence-corrected chi connectivity index (χ3v) is 1.32. The number of carboxylic acid groups (broad SMARTS) is 1. The molecule has 1 aromatic rings. The summed E-state index contributed by atoms with van der Waals surface area (Å²) in [5.74, 6) is 0.408. The molecule has 0 saturated carbocycles. The van der Waals surface area contributed by atoms with Crippen molar-refractivity contribution >= 4 is 11.8 Å². The molecule has 0 atom stereocenters. The van der Waals surface area contributed by atoms with Crippen molar-refractivity contribution in [3.05, 3.63) is 18.5 Å². The fourth-order valence-corrected chi connectivity index (χ4v) is 0.853. The van der Waals surface area contributed by atoms with Crippen LogP contribution in [0.25, 0.3) is 0 Å². The van der Waals surface area contributed by atoms with Crippen molar-refractivity contribution in [1.82, 2.24) is 4.98 Å². The van der Waals surface area contributed by atoms with E-state index in [0.717, 1.165) is 0 Å². The maximum atomic E-state index is 10.3. The first-order valence-corrected chi connectivity index (χ1v) is 3.91. The molecule has 14 heavy (non-hydrogen) atoms. The molecule has 6 nitrogen and oxygen atoms in total. The van der Waals surface area contributed by atoms with E-state index in [9.17, 15) is 4.79 Å². The Morgan fingerprint density at radius 1 is 1.57 bits per heavy atom. The average molecular weight is 198 g/mol. The van der Waals surface area contributed by atoms with E-state index in [2.05, 4.69) is 10.3 Å². The van der Waals surface area contributed by atoms with Gasteiger partial charge in [-0.15, -0.1) is 0 Å². The third-order valence-electron chi connectivity index (χ3n) is 1.32. The summed E-state index contributed by atoms with van der Waals surface area (Å²) >= 11 is 0. The number of aromatic nitrogens is 1. The number of nitrogens with zero attached hydrogens (tertiary/aromatic N) is 1. The predicted octanol–water partition coefficient (Wildman–Crippen LogP) is 0.543. The Morgan fingerprint density at radius 3 is 3.00 bits per heavy atom. The van der Waals surface area contributed by atoms with Crippen LogP contribution < -0.4 is 10.1 Å². The molecule has 1 rings (SSSR count). The van der Waals surface area contributed by atoms with Crippen molar-refractivity contribution in [2.75, 3.05) is 18.5 Å². The van der Waals surface area contributed by atoms with Crippen LogP contribution in [0.15, 0.2) is 18.5 Å². The Labute approximate surface area is 80.2 Å². The zero-order valence-electron chi connectivity index (χ0n) is 7.30. The molecule has 0 fully saturated rings. The number of nitrogens with one attached hydrogen (secondary N) is 1. The summed E-state index contributed by atoms with van der Waals surface area (Å²) in [6.07, 6.45) is 1.63. The van der Waals surface area contributed by atoms with Gasteiger partial charge < -0.3 is 14.9 Å². The maximum absolute atomic E-state index is 10.3. The molecule has 3 N–H and O–H groups in total. The van der Waals surface area contributed by atoms with Crippen molar-refractivity contribution in [1.29, 1.82) is 0 Å². The molecule has 0 saturated heterocycles. The number of carbonyl (C=O) groups is 1. The van der Waals surface area contributed by atoms with Crippen LogP contribution in [-0.2, 0) is 0 Å². The molecule has 76 valence electrons. The van der Waals surface area contributed by atoms with E-state index in [1.807, 2.05) is 0 Å². The average Bonchev–Trinajstić information content (AvgIpc) is 2.14. The Balaban J connectivity index is 2.63. The second-order valence-electron chi connectivity index (χ2n) is 2.41. The molecule has 1 heterocycles. The summed E-state index contributed by atoms with van der Waals surface area (Å²) in [6.45, 7) is 0.0504. The summed E-state index contributed by atoms with van der Waals surface area (Å²) in [6, 6.07) is 1.48. The number of hydrogen-bond acceptors (Lipinski definition) is 4. The minimum atomic E-state index is -1.16. The molecule has 1 amide bonds. The lowest BCUT2D eigenvalue weighted by molar-refractivity contribution is 0.201. The van der Waals surface area contributed by atoms with Crippen LogP contribution in [0.2, 0.25) is 0 Å². The first kappa shape index (κ1) is 10.3. The van der Waals surface area contributed by atoms with Gasteiger partial charge in [0.1, 0.15) is 12.4 Å². The molecule has 0 spiro atoms. The van der Waals surface area contributed by atoms with Crippen LogP contribution in [-0.4, -0.2) is 34.5 Å². The lowest BCUT2D eigenvalue weighted by Crippen LogP contribution is -2.08. The van der Waals surface area contributed by atoms with Gasteiger partial charge in [0.2, 0.25) is 0 Å². The highest BCUT2D eigenvalue weighted by atomic mass is 16.5. The van der Waals surface area contributed by atoms with E-state index in [-0.39, 0.29) is 13.2 Å². The molecule has 0 radical (unpaired) electrons. The number of amides is 1. The monoisotopic (exact) mass is 198 g/mol. The van der Waals surface area contributed by atoms with Gasteiger partial charge in [-0.25, -0.2) is 4.79 Å². The standard InChI is InChI=1S/C8H10N2O4/c11-1-2-14-7-3-6(4-9-5-7)10-8(12)13/h3-5,10-11H,1-2H2,(H,12,13). The van der Waals surface area contributed by atoms with E-state index in [1.54, 1.807) is 0 Å². The molecular weight excluding hydrogens is 188 g/mol. The summed E-state index contributed by atoms with van der Waals surface area (Å²) in [4.78, 5) is 14.0. The molecule has 6 heteroatoms. The fraction of sp³-hybridized carbons (Fsp3) is 0.250. The molecular formula is C8H10N2O4.